The highest BCUT2D eigenvalue weighted by Gasteiger charge is 2.37. The van der Waals surface area contributed by atoms with Crippen LogP contribution in [0.5, 0.6) is 0 Å². The van der Waals surface area contributed by atoms with Crippen LogP contribution >= 0.6 is 0 Å². The molecule has 1 fully saturated rings. The van der Waals surface area contributed by atoms with Crippen LogP contribution in [0.2, 0.25) is 0 Å². The van der Waals surface area contributed by atoms with Crippen molar-refractivity contribution in [3.8, 4) is 0 Å². The number of halogens is 3. The van der Waals surface area contributed by atoms with E-state index in [9.17, 15) is 18.0 Å². The molecule has 4 nitrogen and oxygen atoms in total. The van der Waals surface area contributed by atoms with Gasteiger partial charge in [-0.3, -0.25) is 14.5 Å². The zero-order valence-corrected chi connectivity index (χ0v) is 15.6. The topological polar surface area (TPSA) is 47.8 Å². The van der Waals surface area contributed by atoms with E-state index in [1.165, 1.54) is 11.6 Å². The van der Waals surface area contributed by atoms with Gasteiger partial charge in [0.15, 0.2) is 5.78 Å². The van der Waals surface area contributed by atoms with Gasteiger partial charge >= 0.3 is 6.18 Å². The molecule has 0 amide bonds. The van der Waals surface area contributed by atoms with Crippen molar-refractivity contribution in [2.45, 2.75) is 64.6 Å². The van der Waals surface area contributed by atoms with E-state index in [2.05, 4.69) is 10.1 Å². The summed E-state index contributed by atoms with van der Waals surface area (Å²) in [6, 6.07) is 2.98. The van der Waals surface area contributed by atoms with E-state index in [1.807, 2.05) is 13.0 Å². The van der Waals surface area contributed by atoms with Crippen LogP contribution in [-0.2, 0) is 17.4 Å². The molecule has 2 heterocycles. The summed E-state index contributed by atoms with van der Waals surface area (Å²) in [5, 5.41) is 3.96. The van der Waals surface area contributed by atoms with Gasteiger partial charge in [0.2, 0.25) is 0 Å². The zero-order chi connectivity index (χ0) is 19.6. The Kier molecular flexibility index (Phi) is 5.67. The molecule has 27 heavy (non-hydrogen) atoms. The lowest BCUT2D eigenvalue weighted by Gasteiger charge is -2.22. The Bertz CT molecular complexity index is 790. The van der Waals surface area contributed by atoms with Crippen LogP contribution in [0, 0.1) is 19.8 Å². The number of rotatable bonds is 6. The van der Waals surface area contributed by atoms with Crippen molar-refractivity contribution in [1.29, 1.82) is 0 Å². The predicted octanol–water partition coefficient (Wildman–Crippen LogP) is 4.85. The highest BCUT2D eigenvalue weighted by Crippen LogP contribution is 2.36. The molecule has 1 aliphatic rings. The Morgan fingerprint density at radius 2 is 1.93 bits per heavy atom. The highest BCUT2D eigenvalue weighted by molar-refractivity contribution is 5.84. The van der Waals surface area contributed by atoms with Crippen LogP contribution in [0.3, 0.4) is 0 Å². The third kappa shape index (κ3) is 4.57. The third-order valence-corrected chi connectivity index (χ3v) is 5.38. The van der Waals surface area contributed by atoms with E-state index in [1.54, 1.807) is 12.3 Å². The summed E-state index contributed by atoms with van der Waals surface area (Å²) in [5.41, 5.74) is 0.838. The second-order valence-corrected chi connectivity index (χ2v) is 7.46. The van der Waals surface area contributed by atoms with Crippen LogP contribution in [0.4, 0.5) is 13.2 Å². The summed E-state index contributed by atoms with van der Waals surface area (Å²) in [6.07, 6.45) is 2.92. The standard InChI is InChI=1S/C20H24F3N3O/c1-13-7-8-16(24-11-13)10-19(27)18(9-15-5-3-4-6-15)26-14(2)17(12-25-26)20(21,22)23/h7-8,11-12,15,18H,3-6,9-10H2,1-2H3/t18-/m0/s1. The molecule has 0 bridgehead atoms. The lowest BCUT2D eigenvalue weighted by molar-refractivity contribution is -0.138. The highest BCUT2D eigenvalue weighted by atomic mass is 19.4. The molecule has 0 radical (unpaired) electrons. The maximum atomic E-state index is 13.2. The third-order valence-electron chi connectivity index (χ3n) is 5.38. The number of hydrogen-bond acceptors (Lipinski definition) is 3. The number of pyridine rings is 1. The molecule has 1 atom stereocenters. The normalized spacial score (nSPS) is 16.6. The number of Topliss-reactive ketones (excluding diaryl/α,β-unsaturated/α-hetero) is 1. The van der Waals surface area contributed by atoms with Crippen molar-refractivity contribution in [3.05, 3.63) is 47.0 Å². The Morgan fingerprint density at radius 1 is 1.22 bits per heavy atom. The summed E-state index contributed by atoms with van der Waals surface area (Å²) in [7, 11) is 0. The molecule has 0 aromatic carbocycles. The van der Waals surface area contributed by atoms with E-state index in [0.29, 0.717) is 18.0 Å². The van der Waals surface area contributed by atoms with Crippen molar-refractivity contribution in [1.82, 2.24) is 14.8 Å². The minimum atomic E-state index is -4.47. The van der Waals surface area contributed by atoms with E-state index >= 15 is 0 Å². The summed E-state index contributed by atoms with van der Waals surface area (Å²) in [4.78, 5) is 17.3. The molecule has 2 aromatic heterocycles. The van der Waals surface area contributed by atoms with Crippen LogP contribution in [0.15, 0.2) is 24.5 Å². The van der Waals surface area contributed by atoms with E-state index in [-0.39, 0.29) is 17.9 Å². The molecular weight excluding hydrogens is 355 g/mol. The van der Waals surface area contributed by atoms with Crippen molar-refractivity contribution in [2.24, 2.45) is 5.92 Å². The fourth-order valence-corrected chi connectivity index (χ4v) is 3.84. The molecule has 2 aromatic rings. The van der Waals surface area contributed by atoms with Crippen LogP contribution in [0.1, 0.15) is 60.7 Å². The van der Waals surface area contributed by atoms with E-state index < -0.39 is 17.8 Å². The number of hydrogen-bond donors (Lipinski definition) is 0. The van der Waals surface area contributed by atoms with Gasteiger partial charge in [-0.1, -0.05) is 31.7 Å². The number of ketones is 1. The smallest absolute Gasteiger partial charge is 0.297 e. The van der Waals surface area contributed by atoms with Gasteiger partial charge in [-0.15, -0.1) is 0 Å². The summed E-state index contributed by atoms with van der Waals surface area (Å²) < 4.78 is 40.8. The van der Waals surface area contributed by atoms with Gasteiger partial charge in [0.05, 0.1) is 18.2 Å². The van der Waals surface area contributed by atoms with Crippen molar-refractivity contribution in [3.63, 3.8) is 0 Å². The fraction of sp³-hybridized carbons (Fsp3) is 0.550. The van der Waals surface area contributed by atoms with Crippen molar-refractivity contribution >= 4 is 5.78 Å². The summed E-state index contributed by atoms with van der Waals surface area (Å²) in [5.74, 6) is 0.209. The predicted molar refractivity (Wildman–Crippen MR) is 95.3 cm³/mol. The molecule has 7 heteroatoms. The summed E-state index contributed by atoms with van der Waals surface area (Å²) >= 11 is 0. The van der Waals surface area contributed by atoms with Crippen molar-refractivity contribution < 1.29 is 18.0 Å². The molecule has 0 saturated heterocycles. The quantitative estimate of drug-likeness (QED) is 0.721. The lowest BCUT2D eigenvalue weighted by Crippen LogP contribution is -2.26. The molecular formula is C20H24F3N3O. The number of aromatic nitrogens is 3. The van der Waals surface area contributed by atoms with Gasteiger partial charge in [-0.05, 0) is 37.8 Å². The van der Waals surface area contributed by atoms with E-state index in [4.69, 9.17) is 0 Å². The maximum Gasteiger partial charge on any atom is 0.419 e. The number of carbonyl (C=O) groups excluding carboxylic acids is 1. The van der Waals surface area contributed by atoms with Crippen molar-refractivity contribution in [2.75, 3.05) is 0 Å². The molecule has 3 rings (SSSR count). The average Bonchev–Trinajstić information content (AvgIpc) is 3.23. The molecule has 146 valence electrons. The molecule has 1 saturated carbocycles. The Balaban J connectivity index is 1.87. The minimum absolute atomic E-state index is 0.00397. The lowest BCUT2D eigenvalue weighted by atomic mass is 9.94. The monoisotopic (exact) mass is 379 g/mol. The maximum absolute atomic E-state index is 13.2. The Morgan fingerprint density at radius 3 is 2.48 bits per heavy atom. The Labute approximate surface area is 156 Å². The number of aryl methyl sites for hydroxylation is 1. The van der Waals surface area contributed by atoms with Gasteiger partial charge in [0.25, 0.3) is 0 Å². The van der Waals surface area contributed by atoms with Gasteiger partial charge in [-0.25, -0.2) is 0 Å². The van der Waals surface area contributed by atoms with Crippen LogP contribution < -0.4 is 0 Å². The molecule has 0 N–H and O–H groups in total. The molecule has 0 spiro atoms. The number of alkyl halides is 3. The number of carbonyl (C=O) groups is 1. The number of nitrogens with zero attached hydrogens (tertiary/aromatic N) is 3. The van der Waals surface area contributed by atoms with Gasteiger partial charge in [0.1, 0.15) is 6.04 Å². The average molecular weight is 379 g/mol. The second kappa shape index (κ2) is 7.82. The van der Waals surface area contributed by atoms with Crippen LogP contribution in [-0.4, -0.2) is 20.5 Å². The van der Waals surface area contributed by atoms with Crippen LogP contribution in [0.25, 0.3) is 0 Å². The second-order valence-electron chi connectivity index (χ2n) is 7.46. The Hall–Kier alpha value is -2.18. The van der Waals surface area contributed by atoms with Gasteiger partial charge in [0, 0.05) is 17.6 Å². The van der Waals surface area contributed by atoms with E-state index in [0.717, 1.165) is 37.4 Å². The largest absolute Gasteiger partial charge is 0.419 e. The first kappa shape index (κ1) is 19.6. The molecule has 0 unspecified atom stereocenters. The first-order chi connectivity index (χ1) is 12.8. The molecule has 1 aliphatic carbocycles. The van der Waals surface area contributed by atoms with Gasteiger partial charge in [-0.2, -0.15) is 18.3 Å². The molecule has 0 aliphatic heterocycles. The summed E-state index contributed by atoms with van der Waals surface area (Å²) in [6.45, 7) is 3.29. The zero-order valence-electron chi connectivity index (χ0n) is 15.6. The van der Waals surface area contributed by atoms with Gasteiger partial charge < -0.3 is 0 Å². The minimum Gasteiger partial charge on any atom is -0.297 e. The first-order valence-electron chi connectivity index (χ1n) is 9.31. The SMILES string of the molecule is Cc1ccc(CC(=O)[C@H](CC2CCCC2)n2ncc(C(F)(F)F)c2C)nc1. The first-order valence-corrected chi connectivity index (χ1v) is 9.31. The fourth-order valence-electron chi connectivity index (χ4n) is 3.84.